The fourth-order valence-corrected chi connectivity index (χ4v) is 4.75. The van der Waals surface area contributed by atoms with E-state index in [1.54, 1.807) is 18.4 Å². The minimum atomic E-state index is 0.205. The predicted octanol–water partition coefficient (Wildman–Crippen LogP) is 4.93. The number of ether oxygens (including phenoxy) is 1. The lowest BCUT2D eigenvalue weighted by atomic mass is 9.92. The molecule has 0 fully saturated rings. The van der Waals surface area contributed by atoms with E-state index in [0.717, 1.165) is 54.6 Å². The third-order valence-electron chi connectivity index (χ3n) is 5.27. The Morgan fingerprint density at radius 2 is 1.90 bits per heavy atom. The van der Waals surface area contributed by atoms with E-state index in [-0.39, 0.29) is 5.41 Å². The van der Waals surface area contributed by atoms with E-state index >= 15 is 0 Å². The van der Waals surface area contributed by atoms with Gasteiger partial charge in [0.25, 0.3) is 0 Å². The van der Waals surface area contributed by atoms with Crippen molar-refractivity contribution in [1.82, 2.24) is 19.4 Å². The molecule has 154 valence electrons. The van der Waals surface area contributed by atoms with E-state index in [9.17, 15) is 0 Å². The number of aromatic nitrogens is 3. The monoisotopic (exact) mass is 410 g/mol. The molecule has 1 aliphatic rings. The van der Waals surface area contributed by atoms with Crippen LogP contribution in [0.25, 0.3) is 11.3 Å². The molecule has 5 nitrogen and oxygen atoms in total. The Morgan fingerprint density at radius 3 is 2.52 bits per heavy atom. The number of aryl methyl sites for hydroxylation is 1. The number of imidazole rings is 1. The summed E-state index contributed by atoms with van der Waals surface area (Å²) in [6, 6.07) is 8.28. The van der Waals surface area contributed by atoms with Crippen LogP contribution in [-0.2, 0) is 26.1 Å². The number of methoxy groups -OCH3 is 1. The molecule has 0 spiro atoms. The summed E-state index contributed by atoms with van der Waals surface area (Å²) in [5, 5.41) is 1.13. The summed E-state index contributed by atoms with van der Waals surface area (Å²) in [6.07, 6.45) is 2.99. The van der Waals surface area contributed by atoms with E-state index in [2.05, 4.69) is 54.3 Å². The van der Waals surface area contributed by atoms with Gasteiger partial charge in [0.2, 0.25) is 0 Å². The maximum absolute atomic E-state index is 5.34. The topological polar surface area (TPSA) is 43.2 Å². The van der Waals surface area contributed by atoms with Gasteiger partial charge < -0.3 is 9.30 Å². The SMILES string of the molecule is COc1ccc(-c2nc(CC(C)(C)C)n3c2CN(Cc2cnc(C)s2)CC3)cc1. The zero-order chi connectivity index (χ0) is 20.6. The van der Waals surface area contributed by atoms with Crippen LogP contribution in [0.3, 0.4) is 0 Å². The molecule has 3 heterocycles. The second kappa shape index (κ2) is 7.92. The van der Waals surface area contributed by atoms with Crippen LogP contribution in [0.2, 0.25) is 0 Å². The Hall–Kier alpha value is -2.18. The van der Waals surface area contributed by atoms with Crippen molar-refractivity contribution >= 4 is 11.3 Å². The van der Waals surface area contributed by atoms with Gasteiger partial charge in [-0.2, -0.15) is 0 Å². The molecule has 2 aromatic heterocycles. The Kier molecular flexibility index (Phi) is 5.49. The summed E-state index contributed by atoms with van der Waals surface area (Å²) < 4.78 is 7.79. The average Bonchev–Trinajstić information content (AvgIpc) is 3.24. The third kappa shape index (κ3) is 4.54. The molecule has 4 rings (SSSR count). The van der Waals surface area contributed by atoms with Gasteiger partial charge in [-0.05, 0) is 36.6 Å². The van der Waals surface area contributed by atoms with E-state index in [1.807, 2.05) is 18.3 Å². The fourth-order valence-electron chi connectivity index (χ4n) is 3.92. The highest BCUT2D eigenvalue weighted by Gasteiger charge is 2.27. The third-order valence-corrected chi connectivity index (χ3v) is 6.16. The Morgan fingerprint density at radius 1 is 1.14 bits per heavy atom. The lowest BCUT2D eigenvalue weighted by Crippen LogP contribution is -2.34. The largest absolute Gasteiger partial charge is 0.497 e. The Bertz CT molecular complexity index is 981. The van der Waals surface area contributed by atoms with Gasteiger partial charge in [0, 0.05) is 49.2 Å². The van der Waals surface area contributed by atoms with Crippen molar-refractivity contribution in [3.8, 4) is 17.0 Å². The predicted molar refractivity (Wildman–Crippen MR) is 118 cm³/mol. The number of benzene rings is 1. The van der Waals surface area contributed by atoms with Crippen molar-refractivity contribution in [1.29, 1.82) is 0 Å². The van der Waals surface area contributed by atoms with Gasteiger partial charge in [-0.15, -0.1) is 11.3 Å². The first kappa shape index (κ1) is 20.1. The first-order valence-electron chi connectivity index (χ1n) is 10.2. The second-order valence-electron chi connectivity index (χ2n) is 9.00. The number of thiazole rings is 1. The van der Waals surface area contributed by atoms with Gasteiger partial charge in [0.15, 0.2) is 0 Å². The highest BCUT2D eigenvalue weighted by molar-refractivity contribution is 7.11. The minimum Gasteiger partial charge on any atom is -0.497 e. The van der Waals surface area contributed by atoms with Crippen molar-refractivity contribution in [3.05, 3.63) is 51.9 Å². The molecule has 29 heavy (non-hydrogen) atoms. The summed E-state index contributed by atoms with van der Waals surface area (Å²) in [6.45, 7) is 12.8. The number of hydrogen-bond acceptors (Lipinski definition) is 5. The maximum Gasteiger partial charge on any atom is 0.118 e. The van der Waals surface area contributed by atoms with Crippen LogP contribution in [0.15, 0.2) is 30.5 Å². The minimum absolute atomic E-state index is 0.205. The lowest BCUT2D eigenvalue weighted by Gasteiger charge is -2.29. The van der Waals surface area contributed by atoms with Gasteiger partial charge in [0.1, 0.15) is 11.6 Å². The fraction of sp³-hybridized carbons (Fsp3) is 0.478. The van der Waals surface area contributed by atoms with Crippen molar-refractivity contribution in [2.75, 3.05) is 13.7 Å². The molecular weight excluding hydrogens is 380 g/mol. The van der Waals surface area contributed by atoms with E-state index in [1.165, 1.54) is 16.4 Å². The van der Waals surface area contributed by atoms with Crippen LogP contribution in [0, 0.1) is 12.3 Å². The van der Waals surface area contributed by atoms with E-state index < -0.39 is 0 Å². The van der Waals surface area contributed by atoms with Crippen molar-refractivity contribution in [2.45, 2.75) is 53.8 Å². The van der Waals surface area contributed by atoms with Gasteiger partial charge in [-0.3, -0.25) is 4.90 Å². The molecule has 0 atom stereocenters. The number of rotatable bonds is 5. The maximum atomic E-state index is 5.34. The van der Waals surface area contributed by atoms with Crippen LogP contribution in [0.1, 0.15) is 42.2 Å². The van der Waals surface area contributed by atoms with Crippen LogP contribution < -0.4 is 4.74 Å². The number of nitrogens with zero attached hydrogens (tertiary/aromatic N) is 4. The summed E-state index contributed by atoms with van der Waals surface area (Å²) in [5.74, 6) is 2.07. The van der Waals surface area contributed by atoms with Crippen molar-refractivity contribution < 1.29 is 4.74 Å². The number of fused-ring (bicyclic) bond motifs is 1. The Balaban J connectivity index is 1.67. The van der Waals surface area contributed by atoms with Crippen molar-refractivity contribution in [2.24, 2.45) is 5.41 Å². The molecule has 1 aromatic carbocycles. The van der Waals surface area contributed by atoms with Gasteiger partial charge in [0.05, 0.1) is 23.5 Å². The van der Waals surface area contributed by atoms with E-state index in [4.69, 9.17) is 9.72 Å². The molecule has 1 aliphatic heterocycles. The molecule has 0 radical (unpaired) electrons. The van der Waals surface area contributed by atoms with Crippen LogP contribution in [0.5, 0.6) is 5.75 Å². The first-order valence-corrected chi connectivity index (χ1v) is 11.0. The molecule has 0 saturated heterocycles. The second-order valence-corrected chi connectivity index (χ2v) is 10.3. The molecule has 6 heteroatoms. The molecular formula is C23H30N4OS. The normalized spacial score (nSPS) is 14.8. The zero-order valence-electron chi connectivity index (χ0n) is 18.0. The van der Waals surface area contributed by atoms with Gasteiger partial charge in [-0.25, -0.2) is 9.97 Å². The summed E-state index contributed by atoms with van der Waals surface area (Å²) >= 11 is 1.79. The van der Waals surface area contributed by atoms with Crippen LogP contribution in [0.4, 0.5) is 0 Å². The zero-order valence-corrected chi connectivity index (χ0v) is 18.8. The molecule has 0 amide bonds. The Labute approximate surface area is 177 Å². The summed E-state index contributed by atoms with van der Waals surface area (Å²) in [4.78, 5) is 13.4. The van der Waals surface area contributed by atoms with Gasteiger partial charge in [-0.1, -0.05) is 20.8 Å². The molecule has 0 bridgehead atoms. The molecule has 3 aromatic rings. The smallest absolute Gasteiger partial charge is 0.118 e. The summed E-state index contributed by atoms with van der Waals surface area (Å²) in [7, 11) is 1.70. The average molecular weight is 411 g/mol. The highest BCUT2D eigenvalue weighted by atomic mass is 32.1. The van der Waals surface area contributed by atoms with Crippen LogP contribution in [-0.4, -0.2) is 33.1 Å². The lowest BCUT2D eigenvalue weighted by molar-refractivity contribution is 0.211. The van der Waals surface area contributed by atoms with Crippen molar-refractivity contribution in [3.63, 3.8) is 0 Å². The summed E-state index contributed by atoms with van der Waals surface area (Å²) in [5.41, 5.74) is 3.79. The highest BCUT2D eigenvalue weighted by Crippen LogP contribution is 2.32. The molecule has 0 N–H and O–H groups in total. The standard InChI is InChI=1S/C23H30N4OS/c1-16-24-13-19(29-16)14-26-10-11-27-20(15-26)22(25-21(27)12-23(2,3)4)17-6-8-18(28-5)9-7-17/h6-9,13H,10-12,14-15H2,1-5H3. The molecule has 0 unspecified atom stereocenters. The first-order chi connectivity index (χ1) is 13.8. The van der Waals surface area contributed by atoms with Crippen LogP contribution >= 0.6 is 11.3 Å². The van der Waals surface area contributed by atoms with E-state index in [0.29, 0.717) is 0 Å². The van der Waals surface area contributed by atoms with Gasteiger partial charge >= 0.3 is 0 Å². The number of hydrogen-bond donors (Lipinski definition) is 0. The molecule has 0 aliphatic carbocycles. The quantitative estimate of drug-likeness (QED) is 0.598. The molecule has 0 saturated carbocycles.